The van der Waals surface area contributed by atoms with Gasteiger partial charge < -0.3 is 20.0 Å². The molecular formula is C25H28N4O3. The van der Waals surface area contributed by atoms with E-state index >= 15 is 0 Å². The molecule has 32 heavy (non-hydrogen) atoms. The molecule has 0 radical (unpaired) electrons. The van der Waals surface area contributed by atoms with E-state index in [2.05, 4.69) is 33.7 Å². The zero-order valence-corrected chi connectivity index (χ0v) is 18.4. The fourth-order valence-electron chi connectivity index (χ4n) is 3.97. The number of hydrogen-bond acceptors (Lipinski definition) is 5. The fourth-order valence-corrected chi connectivity index (χ4v) is 3.97. The van der Waals surface area contributed by atoms with Crippen molar-refractivity contribution in [3.8, 4) is 0 Å². The SMILES string of the molecule is CN(C)c1ccc(NC(=O)C(=O)NC[C@H](c2ccco2)N2CCc3ccccc3C2)cc1. The van der Waals surface area contributed by atoms with Crippen LogP contribution in [0, 0.1) is 0 Å². The van der Waals surface area contributed by atoms with Crippen LogP contribution in [0.1, 0.15) is 22.9 Å². The Morgan fingerprint density at radius 3 is 2.44 bits per heavy atom. The molecule has 2 heterocycles. The summed E-state index contributed by atoms with van der Waals surface area (Å²) in [6.07, 6.45) is 2.57. The number of rotatable bonds is 6. The van der Waals surface area contributed by atoms with Gasteiger partial charge in [0.25, 0.3) is 0 Å². The molecule has 0 bridgehead atoms. The zero-order chi connectivity index (χ0) is 22.5. The number of benzene rings is 2. The predicted molar refractivity (Wildman–Crippen MR) is 124 cm³/mol. The molecule has 4 rings (SSSR count). The maximum absolute atomic E-state index is 12.5. The van der Waals surface area contributed by atoms with E-state index in [1.54, 1.807) is 18.4 Å². The third kappa shape index (κ3) is 5.00. The van der Waals surface area contributed by atoms with Crippen molar-refractivity contribution in [2.45, 2.75) is 19.0 Å². The molecule has 166 valence electrons. The Labute approximate surface area is 188 Å². The molecule has 7 heteroatoms. The highest BCUT2D eigenvalue weighted by atomic mass is 16.3. The molecule has 1 aliphatic rings. The van der Waals surface area contributed by atoms with Gasteiger partial charge in [-0.2, -0.15) is 0 Å². The van der Waals surface area contributed by atoms with Crippen LogP contribution in [-0.4, -0.2) is 43.9 Å². The summed E-state index contributed by atoms with van der Waals surface area (Å²) in [5.74, 6) is -0.593. The highest BCUT2D eigenvalue weighted by molar-refractivity contribution is 6.39. The van der Waals surface area contributed by atoms with Crippen LogP contribution in [0.3, 0.4) is 0 Å². The second-order valence-corrected chi connectivity index (χ2v) is 8.13. The van der Waals surface area contributed by atoms with Crippen molar-refractivity contribution < 1.29 is 14.0 Å². The van der Waals surface area contributed by atoms with Crippen LogP contribution in [-0.2, 0) is 22.6 Å². The van der Waals surface area contributed by atoms with Crippen LogP contribution in [0.15, 0.2) is 71.3 Å². The maximum Gasteiger partial charge on any atom is 0.313 e. The minimum atomic E-state index is -0.690. The Kier molecular flexibility index (Phi) is 6.56. The van der Waals surface area contributed by atoms with E-state index in [-0.39, 0.29) is 12.6 Å². The smallest absolute Gasteiger partial charge is 0.313 e. The Morgan fingerprint density at radius 1 is 1.00 bits per heavy atom. The lowest BCUT2D eigenvalue weighted by atomic mass is 9.98. The van der Waals surface area contributed by atoms with Crippen molar-refractivity contribution in [2.24, 2.45) is 0 Å². The molecule has 7 nitrogen and oxygen atoms in total. The van der Waals surface area contributed by atoms with E-state index in [9.17, 15) is 9.59 Å². The molecular weight excluding hydrogens is 404 g/mol. The van der Waals surface area contributed by atoms with Crippen LogP contribution >= 0.6 is 0 Å². The Balaban J connectivity index is 1.39. The second kappa shape index (κ2) is 9.70. The second-order valence-electron chi connectivity index (χ2n) is 8.13. The molecule has 0 fully saturated rings. The van der Waals surface area contributed by atoms with Gasteiger partial charge in [0, 0.05) is 45.1 Å². The lowest BCUT2D eigenvalue weighted by Gasteiger charge is -2.34. The van der Waals surface area contributed by atoms with Crippen molar-refractivity contribution in [1.82, 2.24) is 10.2 Å². The Hall–Kier alpha value is -3.58. The van der Waals surface area contributed by atoms with Gasteiger partial charge in [0.05, 0.1) is 12.3 Å². The summed E-state index contributed by atoms with van der Waals surface area (Å²) in [6, 6.07) is 19.3. The molecule has 1 aliphatic heterocycles. The molecule has 1 atom stereocenters. The van der Waals surface area contributed by atoms with Gasteiger partial charge in [-0.1, -0.05) is 24.3 Å². The van der Waals surface area contributed by atoms with Gasteiger partial charge in [0.1, 0.15) is 5.76 Å². The number of hydrogen-bond donors (Lipinski definition) is 2. The largest absolute Gasteiger partial charge is 0.468 e. The first-order valence-corrected chi connectivity index (χ1v) is 10.7. The summed E-state index contributed by atoms with van der Waals surface area (Å²) in [4.78, 5) is 29.1. The van der Waals surface area contributed by atoms with Crippen molar-refractivity contribution in [1.29, 1.82) is 0 Å². The lowest BCUT2D eigenvalue weighted by molar-refractivity contribution is -0.136. The molecule has 1 aromatic heterocycles. The van der Waals surface area contributed by atoms with Crippen LogP contribution in [0.25, 0.3) is 0 Å². The summed E-state index contributed by atoms with van der Waals surface area (Å²) in [5, 5.41) is 5.43. The summed E-state index contributed by atoms with van der Waals surface area (Å²) in [7, 11) is 3.88. The van der Waals surface area contributed by atoms with Gasteiger partial charge in [-0.15, -0.1) is 0 Å². The van der Waals surface area contributed by atoms with E-state index < -0.39 is 11.8 Å². The van der Waals surface area contributed by atoms with Crippen LogP contribution in [0.4, 0.5) is 11.4 Å². The fraction of sp³-hybridized carbons (Fsp3) is 0.280. The first-order chi connectivity index (χ1) is 15.5. The van der Waals surface area contributed by atoms with Crippen molar-refractivity contribution in [3.63, 3.8) is 0 Å². The van der Waals surface area contributed by atoms with Gasteiger partial charge in [0.15, 0.2) is 0 Å². The maximum atomic E-state index is 12.5. The highest BCUT2D eigenvalue weighted by Gasteiger charge is 2.27. The number of furan rings is 1. The normalized spacial score (nSPS) is 14.3. The van der Waals surface area contributed by atoms with Crippen LogP contribution in [0.5, 0.6) is 0 Å². The lowest BCUT2D eigenvalue weighted by Crippen LogP contribution is -2.43. The quantitative estimate of drug-likeness (QED) is 0.585. The van der Waals surface area contributed by atoms with Crippen molar-refractivity contribution >= 4 is 23.2 Å². The molecule has 0 saturated carbocycles. The van der Waals surface area contributed by atoms with E-state index in [4.69, 9.17) is 4.42 Å². The number of anilines is 2. The van der Waals surface area contributed by atoms with E-state index in [1.807, 2.05) is 49.3 Å². The first-order valence-electron chi connectivity index (χ1n) is 10.7. The number of carbonyl (C=O) groups excluding carboxylic acids is 2. The molecule has 0 spiro atoms. The van der Waals surface area contributed by atoms with Crippen molar-refractivity contribution in [2.75, 3.05) is 37.4 Å². The van der Waals surface area contributed by atoms with E-state index in [1.165, 1.54) is 11.1 Å². The summed E-state index contributed by atoms with van der Waals surface area (Å²) >= 11 is 0. The number of carbonyl (C=O) groups is 2. The highest BCUT2D eigenvalue weighted by Crippen LogP contribution is 2.28. The minimum absolute atomic E-state index is 0.158. The zero-order valence-electron chi connectivity index (χ0n) is 18.4. The molecule has 3 aromatic rings. The predicted octanol–water partition coefficient (Wildman–Crippen LogP) is 3.20. The molecule has 2 N–H and O–H groups in total. The standard InChI is InChI=1S/C25H28N4O3/c1-28(2)21-11-9-20(10-12-21)27-25(31)24(30)26-16-22(23-8-5-15-32-23)29-14-13-18-6-3-4-7-19(18)17-29/h3-12,15,22H,13-14,16-17H2,1-2H3,(H,26,30)(H,27,31)/t22-/m1/s1. The molecule has 0 saturated heterocycles. The van der Waals surface area contributed by atoms with Crippen LogP contribution < -0.4 is 15.5 Å². The Morgan fingerprint density at radius 2 is 1.75 bits per heavy atom. The van der Waals surface area contributed by atoms with Gasteiger partial charge in [-0.05, 0) is 53.9 Å². The van der Waals surface area contributed by atoms with Gasteiger partial charge in [-0.25, -0.2) is 0 Å². The average Bonchev–Trinajstić information content (AvgIpc) is 3.34. The number of nitrogens with one attached hydrogen (secondary N) is 2. The number of nitrogens with zero attached hydrogens (tertiary/aromatic N) is 2. The topological polar surface area (TPSA) is 77.8 Å². The van der Waals surface area contributed by atoms with Crippen molar-refractivity contribution in [3.05, 3.63) is 83.8 Å². The van der Waals surface area contributed by atoms with Gasteiger partial charge in [0.2, 0.25) is 0 Å². The van der Waals surface area contributed by atoms with E-state index in [0.29, 0.717) is 5.69 Å². The first kappa shape index (κ1) is 21.6. The number of fused-ring (bicyclic) bond motifs is 1. The molecule has 2 amide bonds. The average molecular weight is 433 g/mol. The summed E-state index contributed by atoms with van der Waals surface area (Å²) in [6.45, 7) is 1.89. The molecule has 0 aliphatic carbocycles. The van der Waals surface area contributed by atoms with E-state index in [0.717, 1.165) is 31.0 Å². The van der Waals surface area contributed by atoms with Gasteiger partial charge in [-0.3, -0.25) is 14.5 Å². The third-order valence-corrected chi connectivity index (χ3v) is 5.78. The minimum Gasteiger partial charge on any atom is -0.468 e. The number of amides is 2. The Bertz CT molecular complexity index is 1060. The summed E-state index contributed by atoms with van der Waals surface area (Å²) in [5.41, 5.74) is 4.22. The third-order valence-electron chi connectivity index (χ3n) is 5.78. The van der Waals surface area contributed by atoms with Gasteiger partial charge >= 0.3 is 11.8 Å². The molecule has 0 unspecified atom stereocenters. The molecule has 2 aromatic carbocycles. The van der Waals surface area contributed by atoms with Crippen LogP contribution in [0.2, 0.25) is 0 Å². The summed E-state index contributed by atoms with van der Waals surface area (Å²) < 4.78 is 5.66. The monoisotopic (exact) mass is 432 g/mol.